The summed E-state index contributed by atoms with van der Waals surface area (Å²) in [4.78, 5) is 4.23. The van der Waals surface area contributed by atoms with E-state index in [9.17, 15) is 0 Å². The van der Waals surface area contributed by atoms with Gasteiger partial charge < -0.3 is 0 Å². The highest BCUT2D eigenvalue weighted by Crippen LogP contribution is 2.22. The van der Waals surface area contributed by atoms with Gasteiger partial charge in [-0.3, -0.25) is 10.8 Å². The van der Waals surface area contributed by atoms with Crippen LogP contribution in [0.2, 0.25) is 0 Å². The molecule has 0 radical (unpaired) electrons. The zero-order valence-corrected chi connectivity index (χ0v) is 11.6. The highest BCUT2D eigenvalue weighted by Gasteiger charge is 2.12. The molecule has 0 saturated carbocycles. The summed E-state index contributed by atoms with van der Waals surface area (Å²) >= 11 is 0. The van der Waals surface area contributed by atoms with Crippen LogP contribution in [-0.4, -0.2) is 4.98 Å². The number of nitrogens with zero attached hydrogens (tertiary/aromatic N) is 1. The van der Waals surface area contributed by atoms with Crippen LogP contribution in [0.3, 0.4) is 0 Å². The van der Waals surface area contributed by atoms with Crippen LogP contribution in [0.4, 0.5) is 0 Å². The number of benzene rings is 1. The number of hydrogen-bond acceptors (Lipinski definition) is 3. The minimum atomic E-state index is 0.0125. The summed E-state index contributed by atoms with van der Waals surface area (Å²) in [6.07, 6.45) is 4.07. The quantitative estimate of drug-likeness (QED) is 0.638. The van der Waals surface area contributed by atoms with Crippen LogP contribution in [0, 0.1) is 6.92 Å². The van der Waals surface area contributed by atoms with Gasteiger partial charge in [-0.1, -0.05) is 37.6 Å². The normalized spacial score (nSPS) is 12.4. The van der Waals surface area contributed by atoms with Gasteiger partial charge in [-0.2, -0.15) is 0 Å². The van der Waals surface area contributed by atoms with Crippen LogP contribution in [-0.2, 0) is 6.42 Å². The van der Waals surface area contributed by atoms with Gasteiger partial charge >= 0.3 is 0 Å². The second-order valence-electron chi connectivity index (χ2n) is 4.83. The summed E-state index contributed by atoms with van der Waals surface area (Å²) in [5.74, 6) is 5.74. The monoisotopic (exact) mass is 255 g/mol. The number of nitrogens with two attached hydrogens (primary N) is 1. The van der Waals surface area contributed by atoms with E-state index >= 15 is 0 Å². The molecule has 0 aliphatic heterocycles. The maximum atomic E-state index is 5.74. The molecule has 0 aliphatic carbocycles. The standard InChI is InChI=1S/C16H21N3/c1-3-5-13-6-4-7-14(11-13)16(19-17)15-8-9-18-12(2)10-15/h4,6-11,16,19H,3,5,17H2,1-2H3. The SMILES string of the molecule is CCCc1cccc(C(NN)c2ccnc(C)c2)c1. The summed E-state index contributed by atoms with van der Waals surface area (Å²) in [5.41, 5.74) is 7.59. The zero-order chi connectivity index (χ0) is 13.7. The van der Waals surface area contributed by atoms with E-state index in [2.05, 4.69) is 47.7 Å². The van der Waals surface area contributed by atoms with Crippen LogP contribution < -0.4 is 11.3 Å². The lowest BCUT2D eigenvalue weighted by Crippen LogP contribution is -2.29. The first-order chi connectivity index (χ1) is 9.24. The van der Waals surface area contributed by atoms with Crippen molar-refractivity contribution in [3.05, 3.63) is 65.0 Å². The first kappa shape index (κ1) is 13.7. The molecule has 0 bridgehead atoms. The second-order valence-corrected chi connectivity index (χ2v) is 4.83. The number of hydrazine groups is 1. The first-order valence-electron chi connectivity index (χ1n) is 6.72. The molecule has 1 atom stereocenters. The molecule has 100 valence electrons. The summed E-state index contributed by atoms with van der Waals surface area (Å²) in [5, 5.41) is 0. The summed E-state index contributed by atoms with van der Waals surface area (Å²) in [6.45, 7) is 4.18. The number of rotatable bonds is 5. The lowest BCUT2D eigenvalue weighted by molar-refractivity contribution is 0.634. The maximum Gasteiger partial charge on any atom is 0.0711 e. The minimum absolute atomic E-state index is 0.0125. The van der Waals surface area contributed by atoms with Crippen molar-refractivity contribution < 1.29 is 0 Å². The molecular weight excluding hydrogens is 234 g/mol. The summed E-state index contributed by atoms with van der Waals surface area (Å²) in [7, 11) is 0. The Morgan fingerprint density at radius 1 is 1.21 bits per heavy atom. The van der Waals surface area contributed by atoms with E-state index in [-0.39, 0.29) is 6.04 Å². The van der Waals surface area contributed by atoms with Crippen molar-refractivity contribution in [3.63, 3.8) is 0 Å². The molecule has 3 N–H and O–H groups in total. The summed E-state index contributed by atoms with van der Waals surface area (Å²) < 4.78 is 0. The van der Waals surface area contributed by atoms with Gasteiger partial charge in [-0.15, -0.1) is 0 Å². The van der Waals surface area contributed by atoms with Crippen molar-refractivity contribution >= 4 is 0 Å². The Balaban J connectivity index is 2.33. The minimum Gasteiger partial charge on any atom is -0.271 e. The molecule has 1 aromatic carbocycles. The molecule has 19 heavy (non-hydrogen) atoms. The Morgan fingerprint density at radius 3 is 2.68 bits per heavy atom. The highest BCUT2D eigenvalue weighted by atomic mass is 15.2. The molecule has 0 spiro atoms. The predicted octanol–water partition coefficient (Wildman–Crippen LogP) is 2.90. The molecule has 0 amide bonds. The fourth-order valence-corrected chi connectivity index (χ4v) is 2.35. The second kappa shape index (κ2) is 6.45. The van der Waals surface area contributed by atoms with Crippen molar-refractivity contribution in [1.29, 1.82) is 0 Å². The third-order valence-corrected chi connectivity index (χ3v) is 3.24. The van der Waals surface area contributed by atoms with E-state index in [0.29, 0.717) is 0 Å². The van der Waals surface area contributed by atoms with Crippen LogP contribution in [0.1, 0.15) is 41.8 Å². The lowest BCUT2D eigenvalue weighted by atomic mass is 9.97. The van der Waals surface area contributed by atoms with E-state index in [1.54, 1.807) is 0 Å². The van der Waals surface area contributed by atoms with E-state index in [1.807, 2.05) is 19.2 Å². The molecule has 2 rings (SSSR count). The fraction of sp³-hybridized carbons (Fsp3) is 0.312. The molecule has 0 fully saturated rings. The molecule has 2 aromatic rings. The Labute approximate surface area is 114 Å². The Morgan fingerprint density at radius 2 is 2.00 bits per heavy atom. The molecule has 3 heteroatoms. The van der Waals surface area contributed by atoms with Gasteiger partial charge in [0, 0.05) is 11.9 Å². The third-order valence-electron chi connectivity index (χ3n) is 3.24. The molecule has 1 aromatic heterocycles. The maximum absolute atomic E-state index is 5.74. The van der Waals surface area contributed by atoms with Crippen LogP contribution in [0.25, 0.3) is 0 Å². The van der Waals surface area contributed by atoms with Gasteiger partial charge in [0.25, 0.3) is 0 Å². The number of aromatic nitrogens is 1. The molecule has 1 heterocycles. The molecule has 0 aliphatic rings. The Bertz CT molecular complexity index is 537. The number of aryl methyl sites for hydroxylation is 2. The summed E-state index contributed by atoms with van der Waals surface area (Å²) in [6, 6.07) is 12.7. The Hall–Kier alpha value is -1.71. The fourth-order valence-electron chi connectivity index (χ4n) is 2.35. The lowest BCUT2D eigenvalue weighted by Gasteiger charge is -2.18. The molecule has 1 unspecified atom stereocenters. The van der Waals surface area contributed by atoms with Gasteiger partial charge in [-0.25, -0.2) is 5.43 Å². The number of pyridine rings is 1. The van der Waals surface area contributed by atoms with Gasteiger partial charge in [0.1, 0.15) is 0 Å². The van der Waals surface area contributed by atoms with Crippen LogP contribution in [0.5, 0.6) is 0 Å². The topological polar surface area (TPSA) is 50.9 Å². The smallest absolute Gasteiger partial charge is 0.0711 e. The van der Waals surface area contributed by atoms with Gasteiger partial charge in [0.2, 0.25) is 0 Å². The number of hydrogen-bond donors (Lipinski definition) is 2. The molecular formula is C16H21N3. The number of nitrogens with one attached hydrogen (secondary N) is 1. The van der Waals surface area contributed by atoms with Gasteiger partial charge in [0.05, 0.1) is 6.04 Å². The zero-order valence-electron chi connectivity index (χ0n) is 11.6. The Kier molecular flexibility index (Phi) is 4.66. The van der Waals surface area contributed by atoms with Gasteiger partial charge in [0.15, 0.2) is 0 Å². The van der Waals surface area contributed by atoms with Crippen LogP contribution >= 0.6 is 0 Å². The van der Waals surface area contributed by atoms with E-state index in [1.165, 1.54) is 11.1 Å². The van der Waals surface area contributed by atoms with Crippen LogP contribution in [0.15, 0.2) is 42.6 Å². The van der Waals surface area contributed by atoms with Crippen molar-refractivity contribution in [3.8, 4) is 0 Å². The molecule has 0 saturated heterocycles. The molecule has 3 nitrogen and oxygen atoms in total. The van der Waals surface area contributed by atoms with E-state index in [4.69, 9.17) is 5.84 Å². The van der Waals surface area contributed by atoms with Gasteiger partial charge in [-0.05, 0) is 42.2 Å². The van der Waals surface area contributed by atoms with Crippen molar-refractivity contribution in [2.24, 2.45) is 5.84 Å². The average Bonchev–Trinajstić information content (AvgIpc) is 2.41. The predicted molar refractivity (Wildman–Crippen MR) is 78.6 cm³/mol. The third kappa shape index (κ3) is 3.40. The van der Waals surface area contributed by atoms with Crippen molar-refractivity contribution in [2.45, 2.75) is 32.7 Å². The highest BCUT2D eigenvalue weighted by molar-refractivity contribution is 5.34. The van der Waals surface area contributed by atoms with E-state index < -0.39 is 0 Å². The first-order valence-corrected chi connectivity index (χ1v) is 6.72. The van der Waals surface area contributed by atoms with Crippen molar-refractivity contribution in [2.75, 3.05) is 0 Å². The average molecular weight is 255 g/mol. The largest absolute Gasteiger partial charge is 0.271 e. The van der Waals surface area contributed by atoms with Crippen molar-refractivity contribution in [1.82, 2.24) is 10.4 Å². The van der Waals surface area contributed by atoms with E-state index in [0.717, 1.165) is 24.1 Å².